The second kappa shape index (κ2) is 6.14. The molecule has 17 heavy (non-hydrogen) atoms. The molecule has 0 aliphatic carbocycles. The van der Waals surface area contributed by atoms with Crippen molar-refractivity contribution in [1.29, 1.82) is 0 Å². The SMILES string of the molecule is CCOC[C@H]1OCCc2cn(CCOC)nc21. The molecule has 1 aliphatic rings. The van der Waals surface area contributed by atoms with Crippen LogP contribution < -0.4 is 0 Å². The molecule has 5 nitrogen and oxygen atoms in total. The van der Waals surface area contributed by atoms with Gasteiger partial charge in [0.05, 0.1) is 32.1 Å². The van der Waals surface area contributed by atoms with Gasteiger partial charge in [0.2, 0.25) is 0 Å². The topological polar surface area (TPSA) is 45.5 Å². The molecule has 2 rings (SSSR count). The lowest BCUT2D eigenvalue weighted by molar-refractivity contribution is -0.0244. The second-order valence-electron chi connectivity index (χ2n) is 4.06. The Hall–Kier alpha value is -0.910. The molecule has 1 aromatic heterocycles. The average Bonchev–Trinajstić information content (AvgIpc) is 2.77. The van der Waals surface area contributed by atoms with Crippen LogP contribution in [0.1, 0.15) is 24.3 Å². The number of hydrogen-bond acceptors (Lipinski definition) is 4. The first-order valence-electron chi connectivity index (χ1n) is 6.09. The number of hydrogen-bond donors (Lipinski definition) is 0. The predicted molar refractivity (Wildman–Crippen MR) is 63.0 cm³/mol. The van der Waals surface area contributed by atoms with Gasteiger partial charge in [-0.3, -0.25) is 4.68 Å². The summed E-state index contributed by atoms with van der Waals surface area (Å²) in [5, 5.41) is 4.55. The minimum Gasteiger partial charge on any atom is -0.383 e. The van der Waals surface area contributed by atoms with Crippen molar-refractivity contribution in [1.82, 2.24) is 9.78 Å². The highest BCUT2D eigenvalue weighted by molar-refractivity contribution is 5.22. The fourth-order valence-corrected chi connectivity index (χ4v) is 1.98. The van der Waals surface area contributed by atoms with Gasteiger partial charge in [-0.25, -0.2) is 0 Å². The van der Waals surface area contributed by atoms with Crippen molar-refractivity contribution in [2.45, 2.75) is 26.0 Å². The van der Waals surface area contributed by atoms with Crippen molar-refractivity contribution in [2.24, 2.45) is 0 Å². The third-order valence-corrected chi connectivity index (χ3v) is 2.86. The van der Waals surface area contributed by atoms with E-state index in [9.17, 15) is 0 Å². The van der Waals surface area contributed by atoms with E-state index in [0.717, 1.165) is 25.3 Å². The van der Waals surface area contributed by atoms with E-state index >= 15 is 0 Å². The van der Waals surface area contributed by atoms with Gasteiger partial charge in [-0.15, -0.1) is 0 Å². The van der Waals surface area contributed by atoms with Crippen LogP contribution in [0.15, 0.2) is 6.20 Å². The summed E-state index contributed by atoms with van der Waals surface area (Å²) in [5.74, 6) is 0. The lowest BCUT2D eigenvalue weighted by atomic mass is 10.1. The molecule has 0 saturated carbocycles. The molecule has 96 valence electrons. The Morgan fingerprint density at radius 3 is 3.24 bits per heavy atom. The van der Waals surface area contributed by atoms with E-state index in [0.29, 0.717) is 19.8 Å². The first-order chi connectivity index (χ1) is 8.35. The lowest BCUT2D eigenvalue weighted by Gasteiger charge is -2.21. The normalized spacial score (nSPS) is 19.3. The maximum Gasteiger partial charge on any atom is 0.125 e. The smallest absolute Gasteiger partial charge is 0.125 e. The fraction of sp³-hybridized carbons (Fsp3) is 0.750. The van der Waals surface area contributed by atoms with E-state index in [2.05, 4.69) is 11.3 Å². The van der Waals surface area contributed by atoms with E-state index in [-0.39, 0.29) is 6.10 Å². The van der Waals surface area contributed by atoms with Gasteiger partial charge in [0.1, 0.15) is 6.10 Å². The standard InChI is InChI=1S/C12H20N2O3/c1-3-16-9-11-12-10(4-6-17-11)8-14(13-12)5-7-15-2/h8,11H,3-7,9H2,1-2H3/t11-/m1/s1. The Balaban J connectivity index is 2.05. The van der Waals surface area contributed by atoms with Gasteiger partial charge in [0, 0.05) is 19.9 Å². The number of rotatable bonds is 6. The highest BCUT2D eigenvalue weighted by Crippen LogP contribution is 2.25. The van der Waals surface area contributed by atoms with Gasteiger partial charge in [-0.1, -0.05) is 0 Å². The molecule has 1 aliphatic heterocycles. The number of aromatic nitrogens is 2. The van der Waals surface area contributed by atoms with Crippen molar-refractivity contribution in [2.75, 3.05) is 33.5 Å². The second-order valence-corrected chi connectivity index (χ2v) is 4.06. The van der Waals surface area contributed by atoms with Crippen molar-refractivity contribution < 1.29 is 14.2 Å². The van der Waals surface area contributed by atoms with Gasteiger partial charge in [0.25, 0.3) is 0 Å². The van der Waals surface area contributed by atoms with E-state index < -0.39 is 0 Å². The maximum absolute atomic E-state index is 5.69. The predicted octanol–water partition coefficient (Wildman–Crippen LogP) is 1.18. The van der Waals surface area contributed by atoms with Crippen molar-refractivity contribution in [3.63, 3.8) is 0 Å². The number of ether oxygens (including phenoxy) is 3. The van der Waals surface area contributed by atoms with Crippen LogP contribution in [0, 0.1) is 0 Å². The molecular formula is C12H20N2O3. The Kier molecular flexibility index (Phi) is 4.53. The van der Waals surface area contributed by atoms with Crippen LogP contribution in [0.5, 0.6) is 0 Å². The third-order valence-electron chi connectivity index (χ3n) is 2.86. The summed E-state index contributed by atoms with van der Waals surface area (Å²) in [7, 11) is 1.70. The Morgan fingerprint density at radius 2 is 2.47 bits per heavy atom. The van der Waals surface area contributed by atoms with E-state index in [1.54, 1.807) is 7.11 Å². The quantitative estimate of drug-likeness (QED) is 0.749. The van der Waals surface area contributed by atoms with Gasteiger partial charge >= 0.3 is 0 Å². The summed E-state index contributed by atoms with van der Waals surface area (Å²) in [5.41, 5.74) is 2.30. The van der Waals surface area contributed by atoms with Crippen molar-refractivity contribution in [3.8, 4) is 0 Å². The minimum absolute atomic E-state index is 0.0116. The Morgan fingerprint density at radius 1 is 1.59 bits per heavy atom. The molecule has 0 saturated heterocycles. The summed E-state index contributed by atoms with van der Waals surface area (Å²) in [4.78, 5) is 0. The summed E-state index contributed by atoms with van der Waals surface area (Å²) in [6.45, 7) is 5.49. The van der Waals surface area contributed by atoms with Crippen molar-refractivity contribution in [3.05, 3.63) is 17.5 Å². The molecule has 0 fully saturated rings. The van der Waals surface area contributed by atoms with Crippen LogP contribution in [0.25, 0.3) is 0 Å². The number of nitrogens with zero attached hydrogens (tertiary/aromatic N) is 2. The third kappa shape index (κ3) is 3.06. The molecule has 0 spiro atoms. The highest BCUT2D eigenvalue weighted by atomic mass is 16.5. The van der Waals surface area contributed by atoms with Crippen LogP contribution >= 0.6 is 0 Å². The van der Waals surface area contributed by atoms with E-state index in [1.807, 2.05) is 11.6 Å². The molecule has 0 N–H and O–H groups in total. The van der Waals surface area contributed by atoms with Crippen LogP contribution in [-0.2, 0) is 27.2 Å². The molecule has 0 bridgehead atoms. The van der Waals surface area contributed by atoms with Gasteiger partial charge < -0.3 is 14.2 Å². The zero-order valence-electron chi connectivity index (χ0n) is 10.5. The average molecular weight is 240 g/mol. The molecule has 0 radical (unpaired) electrons. The molecule has 0 unspecified atom stereocenters. The summed E-state index contributed by atoms with van der Waals surface area (Å²) >= 11 is 0. The molecule has 0 aromatic carbocycles. The van der Waals surface area contributed by atoms with Crippen LogP contribution in [0.4, 0.5) is 0 Å². The maximum atomic E-state index is 5.69. The first kappa shape index (κ1) is 12.5. The molecule has 1 atom stereocenters. The number of methoxy groups -OCH3 is 1. The molecule has 2 heterocycles. The van der Waals surface area contributed by atoms with Crippen LogP contribution in [-0.4, -0.2) is 43.3 Å². The monoisotopic (exact) mass is 240 g/mol. The highest BCUT2D eigenvalue weighted by Gasteiger charge is 2.24. The largest absolute Gasteiger partial charge is 0.383 e. The number of fused-ring (bicyclic) bond motifs is 1. The summed E-state index contributed by atoms with van der Waals surface area (Å²) in [6, 6.07) is 0. The fourth-order valence-electron chi connectivity index (χ4n) is 1.98. The molecular weight excluding hydrogens is 220 g/mol. The lowest BCUT2D eigenvalue weighted by Crippen LogP contribution is -2.20. The summed E-state index contributed by atoms with van der Waals surface area (Å²) < 4.78 is 18.1. The van der Waals surface area contributed by atoms with Gasteiger partial charge in [-0.05, 0) is 18.9 Å². The van der Waals surface area contributed by atoms with Gasteiger partial charge in [0.15, 0.2) is 0 Å². The van der Waals surface area contributed by atoms with Crippen LogP contribution in [0.2, 0.25) is 0 Å². The first-order valence-corrected chi connectivity index (χ1v) is 6.09. The molecule has 5 heteroatoms. The minimum atomic E-state index is -0.0116. The van der Waals surface area contributed by atoms with Crippen LogP contribution in [0.3, 0.4) is 0 Å². The summed E-state index contributed by atoms with van der Waals surface area (Å²) in [6.07, 6.45) is 3.02. The van der Waals surface area contributed by atoms with Gasteiger partial charge in [-0.2, -0.15) is 5.10 Å². The van der Waals surface area contributed by atoms with Crippen molar-refractivity contribution >= 4 is 0 Å². The van der Waals surface area contributed by atoms with E-state index in [1.165, 1.54) is 5.56 Å². The molecule has 0 amide bonds. The zero-order valence-corrected chi connectivity index (χ0v) is 10.5. The zero-order chi connectivity index (χ0) is 12.1. The molecule has 1 aromatic rings. The Bertz CT molecular complexity index is 352. The Labute approximate surface area is 102 Å². The van der Waals surface area contributed by atoms with E-state index in [4.69, 9.17) is 14.2 Å².